The van der Waals surface area contributed by atoms with Crippen LogP contribution in [0.15, 0.2) is 32.7 Å². The second-order valence-electron chi connectivity index (χ2n) is 3.70. The van der Waals surface area contributed by atoms with E-state index in [1.807, 2.05) is 6.07 Å². The molecule has 2 aromatic rings. The van der Waals surface area contributed by atoms with Crippen LogP contribution in [0, 0.1) is 0 Å². The van der Waals surface area contributed by atoms with Crippen molar-refractivity contribution in [2.45, 2.75) is 13.0 Å². The third kappa shape index (κ3) is 3.44. The summed E-state index contributed by atoms with van der Waals surface area (Å²) in [6.45, 7) is 1.22. The molecule has 4 nitrogen and oxygen atoms in total. The van der Waals surface area contributed by atoms with Crippen molar-refractivity contribution in [3.05, 3.63) is 44.4 Å². The van der Waals surface area contributed by atoms with Gasteiger partial charge in [-0.1, -0.05) is 0 Å². The van der Waals surface area contributed by atoms with E-state index in [0.717, 1.165) is 16.8 Å². The largest absolute Gasteiger partial charge is 0.478 e. The number of rotatable bonds is 6. The number of aromatic carboxylic acids is 1. The fourth-order valence-electron chi connectivity index (χ4n) is 1.57. The van der Waals surface area contributed by atoms with Crippen LogP contribution >= 0.6 is 27.3 Å². The molecule has 2 aromatic heterocycles. The number of carboxylic acid groups (broad SMARTS) is 1. The Kier molecular flexibility index (Phi) is 4.57. The van der Waals surface area contributed by atoms with Gasteiger partial charge in [-0.15, -0.1) is 11.3 Å². The van der Waals surface area contributed by atoms with Crippen molar-refractivity contribution in [3.63, 3.8) is 0 Å². The first-order valence-electron chi connectivity index (χ1n) is 5.41. The third-order valence-electron chi connectivity index (χ3n) is 2.44. The summed E-state index contributed by atoms with van der Waals surface area (Å²) in [5, 5.41) is 12.1. The Hall–Kier alpha value is -1.11. The quantitative estimate of drug-likeness (QED) is 0.799. The first-order chi connectivity index (χ1) is 8.66. The molecule has 0 amide bonds. The molecule has 0 atom stereocenters. The van der Waals surface area contributed by atoms with Crippen LogP contribution in [-0.4, -0.2) is 17.6 Å². The smallest absolute Gasteiger partial charge is 0.339 e. The van der Waals surface area contributed by atoms with Gasteiger partial charge in [-0.25, -0.2) is 4.79 Å². The highest BCUT2D eigenvalue weighted by Gasteiger charge is 2.12. The molecule has 0 saturated carbocycles. The molecule has 0 aliphatic rings. The summed E-state index contributed by atoms with van der Waals surface area (Å²) >= 11 is 5.12. The lowest BCUT2D eigenvalue weighted by atomic mass is 10.2. The molecule has 0 aliphatic carbocycles. The first kappa shape index (κ1) is 13.3. The minimum atomic E-state index is -0.956. The lowest BCUT2D eigenvalue weighted by Crippen LogP contribution is -2.17. The van der Waals surface area contributed by atoms with Crippen molar-refractivity contribution in [1.82, 2.24) is 5.32 Å². The number of hydrogen-bond donors (Lipinski definition) is 2. The molecular formula is C12H12BrNO3S. The molecule has 0 bridgehead atoms. The zero-order chi connectivity index (χ0) is 13.0. The fourth-order valence-corrected chi connectivity index (χ4v) is 3.05. The highest BCUT2D eigenvalue weighted by atomic mass is 79.9. The van der Waals surface area contributed by atoms with Gasteiger partial charge in [0, 0.05) is 11.4 Å². The Morgan fingerprint density at radius 3 is 2.94 bits per heavy atom. The van der Waals surface area contributed by atoms with Crippen molar-refractivity contribution in [2.75, 3.05) is 6.54 Å². The zero-order valence-corrected chi connectivity index (χ0v) is 11.9. The van der Waals surface area contributed by atoms with E-state index in [4.69, 9.17) is 9.52 Å². The van der Waals surface area contributed by atoms with Crippen molar-refractivity contribution in [2.24, 2.45) is 0 Å². The molecule has 18 heavy (non-hydrogen) atoms. The molecule has 0 spiro atoms. The number of carbonyl (C=O) groups is 1. The molecule has 0 fully saturated rings. The summed E-state index contributed by atoms with van der Waals surface area (Å²) in [6.07, 6.45) is 2.32. The van der Waals surface area contributed by atoms with E-state index >= 15 is 0 Å². The second-order valence-corrected chi connectivity index (χ2v) is 6.24. The van der Waals surface area contributed by atoms with Crippen LogP contribution in [0.25, 0.3) is 0 Å². The summed E-state index contributed by atoms with van der Waals surface area (Å²) in [6, 6.07) is 5.57. The van der Waals surface area contributed by atoms with Gasteiger partial charge >= 0.3 is 5.97 Å². The Bertz CT molecular complexity index is 535. The van der Waals surface area contributed by atoms with Gasteiger partial charge in [0.2, 0.25) is 0 Å². The predicted molar refractivity (Wildman–Crippen MR) is 73.1 cm³/mol. The maximum Gasteiger partial charge on any atom is 0.339 e. The molecule has 96 valence electrons. The van der Waals surface area contributed by atoms with E-state index in [1.54, 1.807) is 11.3 Å². The molecule has 2 N–H and O–H groups in total. The van der Waals surface area contributed by atoms with Gasteiger partial charge in [0.15, 0.2) is 0 Å². The predicted octanol–water partition coefficient (Wildman–Crippen LogP) is 3.13. The molecule has 6 heteroatoms. The topological polar surface area (TPSA) is 62.5 Å². The van der Waals surface area contributed by atoms with Crippen molar-refractivity contribution in [3.8, 4) is 0 Å². The maximum absolute atomic E-state index is 10.8. The summed E-state index contributed by atoms with van der Waals surface area (Å²) in [7, 11) is 0. The van der Waals surface area contributed by atoms with Gasteiger partial charge < -0.3 is 14.8 Å². The summed E-state index contributed by atoms with van der Waals surface area (Å²) in [5.41, 5.74) is 0.223. The van der Waals surface area contributed by atoms with Gasteiger partial charge in [0.05, 0.1) is 16.6 Å². The SMILES string of the molecule is O=C(O)c1ccoc1CNCCc1ccc(Br)s1. The molecule has 0 unspecified atom stereocenters. The normalized spacial score (nSPS) is 10.7. The van der Waals surface area contributed by atoms with Gasteiger partial charge in [0.1, 0.15) is 11.3 Å². The van der Waals surface area contributed by atoms with Gasteiger partial charge in [-0.2, -0.15) is 0 Å². The molecule has 0 radical (unpaired) electrons. The molecule has 2 heterocycles. The Morgan fingerprint density at radius 1 is 1.44 bits per heavy atom. The number of halogens is 1. The summed E-state index contributed by atoms with van der Waals surface area (Å²) < 4.78 is 6.26. The van der Waals surface area contributed by atoms with E-state index < -0.39 is 5.97 Å². The standard InChI is InChI=1S/C12H12BrNO3S/c13-11-2-1-8(18-11)3-5-14-7-10-9(12(15)16)4-6-17-10/h1-2,4,6,14H,3,5,7H2,(H,15,16). The summed E-state index contributed by atoms with van der Waals surface area (Å²) in [5.74, 6) is -0.488. The summed E-state index contributed by atoms with van der Waals surface area (Å²) in [4.78, 5) is 12.1. The van der Waals surface area contributed by atoms with E-state index in [1.165, 1.54) is 17.2 Å². The molecule has 0 aliphatic heterocycles. The lowest BCUT2D eigenvalue weighted by molar-refractivity contribution is 0.0694. The lowest BCUT2D eigenvalue weighted by Gasteiger charge is -2.02. The number of thiophene rings is 1. The van der Waals surface area contributed by atoms with Crippen LogP contribution in [0.1, 0.15) is 21.0 Å². The fraction of sp³-hybridized carbons (Fsp3) is 0.250. The van der Waals surface area contributed by atoms with E-state index in [0.29, 0.717) is 12.3 Å². The minimum Gasteiger partial charge on any atom is -0.478 e. The van der Waals surface area contributed by atoms with Gasteiger partial charge in [-0.05, 0) is 40.5 Å². The van der Waals surface area contributed by atoms with E-state index in [9.17, 15) is 4.79 Å². The highest BCUT2D eigenvalue weighted by molar-refractivity contribution is 9.11. The van der Waals surface area contributed by atoms with Crippen LogP contribution in [0.2, 0.25) is 0 Å². The first-order valence-corrected chi connectivity index (χ1v) is 7.02. The Labute approximate surface area is 117 Å². The van der Waals surface area contributed by atoms with E-state index in [2.05, 4.69) is 27.3 Å². The molecule has 0 saturated heterocycles. The van der Waals surface area contributed by atoms with Crippen LogP contribution < -0.4 is 5.32 Å². The number of carboxylic acids is 1. The number of hydrogen-bond acceptors (Lipinski definition) is 4. The van der Waals surface area contributed by atoms with Crippen LogP contribution in [0.4, 0.5) is 0 Å². The monoisotopic (exact) mass is 329 g/mol. The number of nitrogens with one attached hydrogen (secondary N) is 1. The maximum atomic E-state index is 10.8. The molecule has 2 rings (SSSR count). The zero-order valence-electron chi connectivity index (χ0n) is 9.48. The average molecular weight is 330 g/mol. The van der Waals surface area contributed by atoms with Crippen LogP contribution in [0.5, 0.6) is 0 Å². The second kappa shape index (κ2) is 6.17. The van der Waals surface area contributed by atoms with Crippen molar-refractivity contribution >= 4 is 33.2 Å². The Morgan fingerprint density at radius 2 is 2.28 bits per heavy atom. The van der Waals surface area contributed by atoms with Crippen molar-refractivity contribution in [1.29, 1.82) is 0 Å². The molecular weight excluding hydrogens is 318 g/mol. The average Bonchev–Trinajstić information content (AvgIpc) is 2.93. The Balaban J connectivity index is 1.78. The van der Waals surface area contributed by atoms with Crippen LogP contribution in [-0.2, 0) is 13.0 Å². The molecule has 0 aromatic carbocycles. The third-order valence-corrected chi connectivity index (χ3v) is 4.12. The highest BCUT2D eigenvalue weighted by Crippen LogP contribution is 2.22. The van der Waals surface area contributed by atoms with E-state index in [-0.39, 0.29) is 5.56 Å². The van der Waals surface area contributed by atoms with Gasteiger partial charge in [-0.3, -0.25) is 0 Å². The van der Waals surface area contributed by atoms with Crippen molar-refractivity contribution < 1.29 is 14.3 Å². The minimum absolute atomic E-state index is 0.223. The van der Waals surface area contributed by atoms with Gasteiger partial charge in [0.25, 0.3) is 0 Å². The number of furan rings is 1. The van der Waals surface area contributed by atoms with Crippen LogP contribution in [0.3, 0.4) is 0 Å².